The van der Waals surface area contributed by atoms with Crippen molar-refractivity contribution in [2.45, 2.75) is 13.2 Å². The van der Waals surface area contributed by atoms with Crippen molar-refractivity contribution in [3.8, 4) is 5.88 Å². The molecule has 2 N–H and O–H groups in total. The van der Waals surface area contributed by atoms with Crippen LogP contribution in [-0.4, -0.2) is 19.5 Å². The van der Waals surface area contributed by atoms with Crippen LogP contribution in [0.1, 0.15) is 11.1 Å². The summed E-state index contributed by atoms with van der Waals surface area (Å²) in [5.41, 5.74) is 1.24. The molecule has 0 spiro atoms. The number of rotatable bonds is 5. The number of ether oxygens (including phenoxy) is 1. The second kappa shape index (κ2) is 7.51. The molecule has 2 heterocycles. The number of nitrogens with zero attached hydrogens (tertiary/aromatic N) is 2. The van der Waals surface area contributed by atoms with Crippen LogP contribution in [0.5, 0.6) is 5.88 Å². The maximum Gasteiger partial charge on any atom is 0.323 e. The molecule has 2 aromatic heterocycles. The van der Waals surface area contributed by atoms with Gasteiger partial charge in [0.2, 0.25) is 5.88 Å². The van der Waals surface area contributed by atoms with Crippen molar-refractivity contribution in [2.75, 3.05) is 0 Å². The largest absolute Gasteiger partial charge is 0.471 e. The molecule has 2 aromatic carbocycles. The highest BCUT2D eigenvalue weighted by atomic mass is 35.5. The Labute approximate surface area is 166 Å². The number of nitrogens with one attached hydrogen (secondary N) is 2. The summed E-state index contributed by atoms with van der Waals surface area (Å²) in [5.74, 6) is -1.62. The number of halogens is 3. The number of aromatic amines is 2. The highest BCUT2D eigenvalue weighted by Crippen LogP contribution is 2.19. The van der Waals surface area contributed by atoms with Crippen LogP contribution in [0.2, 0.25) is 5.02 Å². The van der Waals surface area contributed by atoms with Crippen LogP contribution in [0, 0.1) is 11.6 Å². The molecule has 7 nitrogen and oxygen atoms in total. The smallest absolute Gasteiger partial charge is 0.323 e. The van der Waals surface area contributed by atoms with Gasteiger partial charge in [0.05, 0.1) is 17.6 Å². The fourth-order valence-corrected chi connectivity index (χ4v) is 3.03. The van der Waals surface area contributed by atoms with Gasteiger partial charge in [-0.3, -0.25) is 9.36 Å². The van der Waals surface area contributed by atoms with Gasteiger partial charge in [0.1, 0.15) is 24.6 Å². The van der Waals surface area contributed by atoms with Crippen LogP contribution in [0.3, 0.4) is 0 Å². The summed E-state index contributed by atoms with van der Waals surface area (Å²) in [6.45, 7) is -0.0959. The molecule has 0 aliphatic carbocycles. The second-order valence-electron chi connectivity index (χ2n) is 6.28. The topological polar surface area (TPSA) is 92.8 Å². The molecule has 148 valence electrons. The molecule has 0 aliphatic rings. The minimum atomic E-state index is -0.771. The van der Waals surface area contributed by atoms with E-state index in [1.807, 2.05) is 0 Å². The lowest BCUT2D eigenvalue weighted by atomic mass is 10.2. The summed E-state index contributed by atoms with van der Waals surface area (Å²) in [7, 11) is 0. The zero-order valence-electron chi connectivity index (χ0n) is 14.7. The third kappa shape index (κ3) is 3.90. The first-order chi connectivity index (χ1) is 13.9. The number of fused-ring (bicyclic) bond motifs is 1. The van der Waals surface area contributed by atoms with Gasteiger partial charge in [0.15, 0.2) is 5.02 Å². The van der Waals surface area contributed by atoms with Crippen LogP contribution >= 0.6 is 11.6 Å². The second-order valence-corrected chi connectivity index (χ2v) is 6.66. The van der Waals surface area contributed by atoms with Crippen LogP contribution in [-0.2, 0) is 13.2 Å². The fraction of sp³-hybridized carbons (Fsp3) is 0.105. The summed E-state index contributed by atoms with van der Waals surface area (Å²) in [5, 5.41) is -0.258. The number of aromatic nitrogens is 4. The van der Waals surface area contributed by atoms with E-state index in [0.29, 0.717) is 11.0 Å². The van der Waals surface area contributed by atoms with Crippen molar-refractivity contribution in [1.82, 2.24) is 19.5 Å². The zero-order valence-corrected chi connectivity index (χ0v) is 15.5. The van der Waals surface area contributed by atoms with E-state index in [0.717, 1.165) is 17.7 Å². The number of imidazole rings is 1. The highest BCUT2D eigenvalue weighted by molar-refractivity contribution is 6.31. The molecule has 0 aliphatic heterocycles. The van der Waals surface area contributed by atoms with Crippen molar-refractivity contribution in [2.24, 2.45) is 0 Å². The molecule has 29 heavy (non-hydrogen) atoms. The van der Waals surface area contributed by atoms with Gasteiger partial charge in [0.25, 0.3) is 5.56 Å². The van der Waals surface area contributed by atoms with Crippen LogP contribution in [0.4, 0.5) is 8.78 Å². The number of hydrogen-bond acceptors (Lipinski definition) is 4. The van der Waals surface area contributed by atoms with Crippen LogP contribution < -0.4 is 16.0 Å². The Balaban J connectivity index is 1.54. The van der Waals surface area contributed by atoms with Crippen molar-refractivity contribution < 1.29 is 13.5 Å². The Kier molecular flexibility index (Phi) is 4.89. The van der Waals surface area contributed by atoms with Gasteiger partial charge < -0.3 is 14.7 Å². The van der Waals surface area contributed by atoms with E-state index in [-0.39, 0.29) is 35.3 Å². The van der Waals surface area contributed by atoms with E-state index in [2.05, 4.69) is 15.0 Å². The van der Waals surface area contributed by atoms with Crippen molar-refractivity contribution >= 4 is 22.6 Å². The minimum absolute atomic E-state index is 0.0993. The first kappa shape index (κ1) is 18.9. The molecule has 4 aromatic rings. The maximum atomic E-state index is 13.7. The normalized spacial score (nSPS) is 11.1. The van der Waals surface area contributed by atoms with E-state index in [9.17, 15) is 18.4 Å². The Morgan fingerprint density at radius 1 is 1.07 bits per heavy atom. The van der Waals surface area contributed by atoms with E-state index in [1.165, 1.54) is 17.0 Å². The average molecular weight is 419 g/mol. The van der Waals surface area contributed by atoms with E-state index < -0.39 is 17.2 Å². The monoisotopic (exact) mass is 418 g/mol. The van der Waals surface area contributed by atoms with E-state index in [4.69, 9.17) is 16.3 Å². The Hall–Kier alpha value is -3.46. The lowest BCUT2D eigenvalue weighted by Gasteiger charge is -2.10. The molecular formula is C19H13ClF2N4O3. The van der Waals surface area contributed by atoms with Gasteiger partial charge in [-0.25, -0.2) is 18.6 Å². The zero-order chi connectivity index (χ0) is 20.5. The van der Waals surface area contributed by atoms with Crippen LogP contribution in [0.25, 0.3) is 11.0 Å². The molecule has 0 unspecified atom stereocenters. The van der Waals surface area contributed by atoms with Crippen molar-refractivity contribution in [3.05, 3.63) is 91.3 Å². The molecule has 4 rings (SSSR count). The van der Waals surface area contributed by atoms with Gasteiger partial charge in [-0.2, -0.15) is 0 Å². The summed E-state index contributed by atoms with van der Waals surface area (Å²) in [6.07, 6.45) is 1.26. The predicted octanol–water partition coefficient (Wildman–Crippen LogP) is 2.97. The fourth-order valence-electron chi connectivity index (χ4n) is 2.82. The van der Waals surface area contributed by atoms with Crippen LogP contribution in [0.15, 0.2) is 52.3 Å². The molecule has 0 saturated heterocycles. The summed E-state index contributed by atoms with van der Waals surface area (Å²) < 4.78 is 33.3. The predicted molar refractivity (Wildman–Crippen MR) is 102 cm³/mol. The Morgan fingerprint density at radius 3 is 2.66 bits per heavy atom. The van der Waals surface area contributed by atoms with E-state index >= 15 is 0 Å². The SMILES string of the molecule is O=c1[nH]c2ccc(Cn3cnc(OCc4ccc(F)cc4F)c(Cl)c3=O)cc2[nH]1. The molecule has 0 saturated carbocycles. The van der Waals surface area contributed by atoms with Gasteiger partial charge in [0, 0.05) is 11.6 Å². The van der Waals surface area contributed by atoms with Gasteiger partial charge >= 0.3 is 5.69 Å². The van der Waals surface area contributed by atoms with E-state index in [1.54, 1.807) is 18.2 Å². The lowest BCUT2D eigenvalue weighted by molar-refractivity contribution is 0.286. The highest BCUT2D eigenvalue weighted by Gasteiger charge is 2.13. The van der Waals surface area contributed by atoms with Gasteiger partial charge in [-0.1, -0.05) is 17.7 Å². The average Bonchev–Trinajstić information content (AvgIpc) is 3.05. The third-order valence-electron chi connectivity index (χ3n) is 4.26. The summed E-state index contributed by atoms with van der Waals surface area (Å²) in [4.78, 5) is 33.1. The molecule has 0 amide bonds. The molecule has 0 bridgehead atoms. The molecule has 0 atom stereocenters. The number of hydrogen-bond donors (Lipinski definition) is 2. The van der Waals surface area contributed by atoms with Gasteiger partial charge in [-0.05, 0) is 29.8 Å². The Bertz CT molecular complexity index is 1330. The van der Waals surface area contributed by atoms with Crippen molar-refractivity contribution in [3.63, 3.8) is 0 Å². The maximum absolute atomic E-state index is 13.7. The molecular weight excluding hydrogens is 406 g/mol. The number of benzene rings is 2. The first-order valence-corrected chi connectivity index (χ1v) is 8.81. The number of H-pyrrole nitrogens is 2. The first-order valence-electron chi connectivity index (χ1n) is 8.43. The third-order valence-corrected chi connectivity index (χ3v) is 4.59. The summed E-state index contributed by atoms with van der Waals surface area (Å²) >= 11 is 6.07. The molecule has 10 heteroatoms. The lowest BCUT2D eigenvalue weighted by Crippen LogP contribution is -2.22. The minimum Gasteiger partial charge on any atom is -0.471 e. The molecule has 0 fully saturated rings. The quantitative estimate of drug-likeness (QED) is 0.521. The molecule has 0 radical (unpaired) electrons. The van der Waals surface area contributed by atoms with Crippen molar-refractivity contribution in [1.29, 1.82) is 0 Å². The van der Waals surface area contributed by atoms with Gasteiger partial charge in [-0.15, -0.1) is 0 Å². The summed E-state index contributed by atoms with van der Waals surface area (Å²) in [6, 6.07) is 8.28. The standard InChI is InChI=1S/C19H13ClF2N4O3/c20-16-17(29-8-11-2-3-12(21)6-13(11)22)23-9-26(18(16)27)7-10-1-4-14-15(5-10)25-19(28)24-14/h1-6,9H,7-8H2,(H2,24,25,28). The Morgan fingerprint density at radius 2 is 1.86 bits per heavy atom.